The standard InChI is InChI=1S/C15H22N2O3/c1-2-3-7-13(16)15(20)17-12-6-4-5-11(10-12)8-9-14(18)19/h4-6,10,13H,2-3,7-9,16H2,1H3,(H,17,20)(H,18,19)/t13-/m0/s1. The first-order valence-corrected chi connectivity index (χ1v) is 6.90. The highest BCUT2D eigenvalue weighted by Gasteiger charge is 2.12. The van der Waals surface area contributed by atoms with Gasteiger partial charge in [-0.25, -0.2) is 0 Å². The van der Waals surface area contributed by atoms with Crippen LogP contribution in [0.25, 0.3) is 0 Å². The number of aliphatic carboxylic acids is 1. The third-order valence-corrected chi connectivity index (χ3v) is 3.03. The van der Waals surface area contributed by atoms with Crippen molar-refractivity contribution in [3.63, 3.8) is 0 Å². The molecule has 0 aliphatic carbocycles. The van der Waals surface area contributed by atoms with Crippen LogP contribution in [0.15, 0.2) is 24.3 Å². The summed E-state index contributed by atoms with van der Waals surface area (Å²) in [6.07, 6.45) is 3.12. The molecule has 0 saturated heterocycles. The number of aryl methyl sites for hydroxylation is 1. The van der Waals surface area contributed by atoms with Crippen LogP contribution in [0.3, 0.4) is 0 Å². The second kappa shape index (κ2) is 8.32. The number of hydrogen-bond acceptors (Lipinski definition) is 3. The van der Waals surface area contributed by atoms with Crippen molar-refractivity contribution in [1.82, 2.24) is 0 Å². The Hall–Kier alpha value is -1.88. The minimum atomic E-state index is -0.832. The Bertz CT molecular complexity index is 460. The molecule has 0 bridgehead atoms. The van der Waals surface area contributed by atoms with Gasteiger partial charge in [-0.2, -0.15) is 0 Å². The molecule has 0 aliphatic heterocycles. The smallest absolute Gasteiger partial charge is 0.303 e. The summed E-state index contributed by atoms with van der Waals surface area (Å²) in [5, 5.41) is 11.4. The lowest BCUT2D eigenvalue weighted by Crippen LogP contribution is -2.35. The van der Waals surface area contributed by atoms with Crippen molar-refractivity contribution in [3.8, 4) is 0 Å². The highest BCUT2D eigenvalue weighted by molar-refractivity contribution is 5.94. The van der Waals surface area contributed by atoms with E-state index in [4.69, 9.17) is 10.8 Å². The van der Waals surface area contributed by atoms with Crippen LogP contribution < -0.4 is 11.1 Å². The fourth-order valence-electron chi connectivity index (χ4n) is 1.85. The van der Waals surface area contributed by atoms with Crippen molar-refractivity contribution in [2.45, 2.75) is 45.1 Å². The number of carboxylic acids is 1. The fraction of sp³-hybridized carbons (Fsp3) is 0.467. The summed E-state index contributed by atoms with van der Waals surface area (Å²) < 4.78 is 0. The number of nitrogens with two attached hydrogens (primary N) is 1. The lowest BCUT2D eigenvalue weighted by atomic mass is 10.1. The Kier molecular flexibility index (Phi) is 6.73. The molecule has 20 heavy (non-hydrogen) atoms. The Morgan fingerprint density at radius 2 is 2.15 bits per heavy atom. The first kappa shape index (κ1) is 16.2. The van der Waals surface area contributed by atoms with Gasteiger partial charge in [0.2, 0.25) is 5.91 Å². The average Bonchev–Trinajstić information content (AvgIpc) is 2.42. The summed E-state index contributed by atoms with van der Waals surface area (Å²) in [6.45, 7) is 2.05. The summed E-state index contributed by atoms with van der Waals surface area (Å²) in [6, 6.07) is 6.69. The van der Waals surface area contributed by atoms with Gasteiger partial charge in [0.05, 0.1) is 6.04 Å². The molecule has 0 unspecified atom stereocenters. The molecule has 0 fully saturated rings. The normalized spacial score (nSPS) is 11.9. The summed E-state index contributed by atoms with van der Waals surface area (Å²) >= 11 is 0. The number of hydrogen-bond donors (Lipinski definition) is 3. The zero-order chi connectivity index (χ0) is 15.0. The zero-order valence-corrected chi connectivity index (χ0v) is 11.8. The molecule has 1 rings (SSSR count). The van der Waals surface area contributed by atoms with E-state index in [0.717, 1.165) is 18.4 Å². The van der Waals surface area contributed by atoms with E-state index in [9.17, 15) is 9.59 Å². The number of benzene rings is 1. The van der Waals surface area contributed by atoms with Crippen LogP contribution in [-0.2, 0) is 16.0 Å². The molecule has 0 radical (unpaired) electrons. The molecule has 4 N–H and O–H groups in total. The Balaban J connectivity index is 2.56. The molecule has 0 aliphatic rings. The number of carbonyl (C=O) groups excluding carboxylic acids is 1. The molecule has 1 atom stereocenters. The highest BCUT2D eigenvalue weighted by atomic mass is 16.4. The SMILES string of the molecule is CCCC[C@H](N)C(=O)Nc1cccc(CCC(=O)O)c1. The van der Waals surface area contributed by atoms with Gasteiger partial charge in [0, 0.05) is 12.1 Å². The Labute approximate surface area is 119 Å². The predicted molar refractivity (Wildman–Crippen MR) is 78.5 cm³/mol. The van der Waals surface area contributed by atoms with Crippen molar-refractivity contribution < 1.29 is 14.7 Å². The highest BCUT2D eigenvalue weighted by Crippen LogP contribution is 2.13. The first-order valence-electron chi connectivity index (χ1n) is 6.90. The Morgan fingerprint density at radius 1 is 1.40 bits per heavy atom. The number of amides is 1. The van der Waals surface area contributed by atoms with Crippen molar-refractivity contribution >= 4 is 17.6 Å². The maximum absolute atomic E-state index is 11.9. The van der Waals surface area contributed by atoms with Crippen molar-refractivity contribution in [2.24, 2.45) is 5.73 Å². The minimum absolute atomic E-state index is 0.0768. The van der Waals surface area contributed by atoms with Crippen LogP contribution in [0, 0.1) is 0 Å². The van der Waals surface area contributed by atoms with E-state index in [1.807, 2.05) is 6.07 Å². The van der Waals surface area contributed by atoms with Crippen molar-refractivity contribution in [3.05, 3.63) is 29.8 Å². The molecular weight excluding hydrogens is 256 g/mol. The first-order chi connectivity index (χ1) is 9.52. The maximum atomic E-state index is 11.9. The predicted octanol–water partition coefficient (Wildman–Crippen LogP) is 2.16. The molecule has 0 aromatic heterocycles. The summed E-state index contributed by atoms with van der Waals surface area (Å²) in [5.41, 5.74) is 7.34. The topological polar surface area (TPSA) is 92.4 Å². The lowest BCUT2D eigenvalue weighted by molar-refractivity contribution is -0.137. The van der Waals surface area contributed by atoms with E-state index in [2.05, 4.69) is 12.2 Å². The van der Waals surface area contributed by atoms with Crippen LogP contribution in [0.4, 0.5) is 5.69 Å². The monoisotopic (exact) mass is 278 g/mol. The van der Waals surface area contributed by atoms with Gasteiger partial charge in [0.25, 0.3) is 0 Å². The molecule has 5 heteroatoms. The molecule has 0 saturated carbocycles. The van der Waals surface area contributed by atoms with Gasteiger partial charge in [-0.3, -0.25) is 9.59 Å². The number of nitrogens with one attached hydrogen (secondary N) is 1. The van der Waals surface area contributed by atoms with Crippen LogP contribution in [0.5, 0.6) is 0 Å². The van der Waals surface area contributed by atoms with Crippen LogP contribution >= 0.6 is 0 Å². The zero-order valence-electron chi connectivity index (χ0n) is 11.8. The van der Waals surface area contributed by atoms with Gasteiger partial charge >= 0.3 is 5.97 Å². The number of unbranched alkanes of at least 4 members (excludes halogenated alkanes) is 1. The van der Waals surface area contributed by atoms with Gasteiger partial charge < -0.3 is 16.2 Å². The van der Waals surface area contributed by atoms with E-state index in [1.54, 1.807) is 18.2 Å². The number of carboxylic acid groups (broad SMARTS) is 1. The number of carbonyl (C=O) groups is 2. The van der Waals surface area contributed by atoms with E-state index in [-0.39, 0.29) is 12.3 Å². The molecule has 5 nitrogen and oxygen atoms in total. The molecule has 110 valence electrons. The lowest BCUT2D eigenvalue weighted by Gasteiger charge is -2.12. The van der Waals surface area contributed by atoms with E-state index < -0.39 is 12.0 Å². The molecular formula is C15H22N2O3. The molecule has 0 spiro atoms. The fourth-order valence-corrected chi connectivity index (χ4v) is 1.85. The largest absolute Gasteiger partial charge is 0.481 e. The van der Waals surface area contributed by atoms with Crippen LogP contribution in [0.2, 0.25) is 0 Å². The quantitative estimate of drug-likeness (QED) is 0.679. The summed E-state index contributed by atoms with van der Waals surface area (Å²) in [4.78, 5) is 22.4. The minimum Gasteiger partial charge on any atom is -0.481 e. The second-order valence-electron chi connectivity index (χ2n) is 4.83. The third kappa shape index (κ3) is 5.84. The Morgan fingerprint density at radius 3 is 2.80 bits per heavy atom. The number of rotatable bonds is 8. The van der Waals surface area contributed by atoms with Gasteiger partial charge in [0.15, 0.2) is 0 Å². The maximum Gasteiger partial charge on any atom is 0.303 e. The van der Waals surface area contributed by atoms with Crippen LogP contribution in [-0.4, -0.2) is 23.0 Å². The van der Waals surface area contributed by atoms with Crippen LogP contribution in [0.1, 0.15) is 38.2 Å². The molecule has 0 heterocycles. The van der Waals surface area contributed by atoms with E-state index >= 15 is 0 Å². The average molecular weight is 278 g/mol. The summed E-state index contributed by atoms with van der Waals surface area (Å²) in [5.74, 6) is -1.03. The van der Waals surface area contributed by atoms with Gasteiger partial charge in [-0.05, 0) is 30.5 Å². The molecule has 1 amide bonds. The van der Waals surface area contributed by atoms with Crippen molar-refractivity contribution in [1.29, 1.82) is 0 Å². The second-order valence-corrected chi connectivity index (χ2v) is 4.83. The summed E-state index contributed by atoms with van der Waals surface area (Å²) in [7, 11) is 0. The molecule has 1 aromatic carbocycles. The molecule has 1 aromatic rings. The van der Waals surface area contributed by atoms with Gasteiger partial charge in [-0.15, -0.1) is 0 Å². The van der Waals surface area contributed by atoms with E-state index in [0.29, 0.717) is 18.5 Å². The van der Waals surface area contributed by atoms with Crippen molar-refractivity contribution in [2.75, 3.05) is 5.32 Å². The van der Waals surface area contributed by atoms with E-state index in [1.165, 1.54) is 0 Å². The van der Waals surface area contributed by atoms with Gasteiger partial charge in [-0.1, -0.05) is 31.9 Å². The van der Waals surface area contributed by atoms with Gasteiger partial charge in [0.1, 0.15) is 0 Å². The number of anilines is 1. The third-order valence-electron chi connectivity index (χ3n) is 3.03.